The molecule has 2 aliphatic heterocycles. The molecule has 1 saturated heterocycles. The van der Waals surface area contributed by atoms with Crippen molar-refractivity contribution in [1.82, 2.24) is 19.9 Å². The topological polar surface area (TPSA) is 121 Å². The van der Waals surface area contributed by atoms with Gasteiger partial charge in [0.05, 0.1) is 12.2 Å². The van der Waals surface area contributed by atoms with Crippen LogP contribution in [-0.2, 0) is 21.4 Å². The predicted molar refractivity (Wildman–Crippen MR) is 72.7 cm³/mol. The van der Waals surface area contributed by atoms with E-state index in [2.05, 4.69) is 10.3 Å². The first-order valence-corrected chi connectivity index (χ1v) is 7.13. The van der Waals surface area contributed by atoms with Gasteiger partial charge in [-0.25, -0.2) is 0 Å². The average molecular weight is 344 g/mol. The number of aryl methyl sites for hydroxylation is 1. The summed E-state index contributed by atoms with van der Waals surface area (Å²) in [6, 6.07) is 0. The van der Waals surface area contributed by atoms with Gasteiger partial charge in [0.2, 0.25) is 5.91 Å². The number of carboxylic acids is 1. The Morgan fingerprint density at radius 1 is 1.46 bits per heavy atom. The molecule has 10 heteroatoms. The van der Waals surface area contributed by atoms with Crippen LogP contribution in [0.25, 0.3) is 0 Å². The Kier molecular flexibility index (Phi) is 4.84. The van der Waals surface area contributed by atoms with Gasteiger partial charge in [0.25, 0.3) is 0 Å². The second-order valence-corrected chi connectivity index (χ2v) is 6.72. The van der Waals surface area contributed by atoms with Crippen LogP contribution in [0.2, 0.25) is 0 Å². The molecule has 3 atom stereocenters. The normalized spacial score (nSPS) is 24.0. The first-order valence-electron chi connectivity index (χ1n) is 7.13. The zero-order valence-corrected chi connectivity index (χ0v) is 16.2. The summed E-state index contributed by atoms with van der Waals surface area (Å²) < 4.78 is 7.08. The Labute approximate surface area is 160 Å². The second-order valence-electron chi connectivity index (χ2n) is 6.72. The Balaban J connectivity index is 0.00000208. The third-order valence-electron chi connectivity index (χ3n) is 3.92. The van der Waals surface area contributed by atoms with Crippen LogP contribution in [0.3, 0.4) is 0 Å². The minimum Gasteiger partial charge on any atom is -0.543 e. The minimum absolute atomic E-state index is 0. The van der Waals surface area contributed by atoms with Crippen molar-refractivity contribution in [3.05, 3.63) is 23.3 Å². The fourth-order valence-electron chi connectivity index (χ4n) is 2.83. The van der Waals surface area contributed by atoms with Crippen LogP contribution in [-0.4, -0.2) is 43.1 Å². The number of hydrogen-bond donors (Lipinski definition) is 1. The van der Waals surface area contributed by atoms with Crippen LogP contribution in [0.1, 0.15) is 32.6 Å². The summed E-state index contributed by atoms with van der Waals surface area (Å²) in [5.74, 6) is -2.77. The van der Waals surface area contributed by atoms with Gasteiger partial charge >= 0.3 is 29.6 Å². The summed E-state index contributed by atoms with van der Waals surface area (Å²) in [5.41, 5.74) is -0.655. The number of aromatic nitrogens is 3. The van der Waals surface area contributed by atoms with Gasteiger partial charge < -0.3 is 19.7 Å². The molecule has 124 valence electrons. The SMILES string of the molecule is Cn1cc([C@H](O)[C@H]2C(=O)N3C(C(=O)[O-])=C(C(C)(C)C)O[C@@H]23)nn1.[Na+]. The van der Waals surface area contributed by atoms with Crippen molar-refractivity contribution < 1.29 is 54.1 Å². The van der Waals surface area contributed by atoms with Gasteiger partial charge in [-0.15, -0.1) is 5.10 Å². The summed E-state index contributed by atoms with van der Waals surface area (Å²) in [7, 11) is 1.64. The number of aliphatic hydroxyl groups excluding tert-OH is 1. The van der Waals surface area contributed by atoms with Crippen LogP contribution in [0.4, 0.5) is 0 Å². The van der Waals surface area contributed by atoms with Gasteiger partial charge in [-0.1, -0.05) is 26.0 Å². The average Bonchev–Trinajstić information content (AvgIpc) is 2.99. The van der Waals surface area contributed by atoms with E-state index >= 15 is 0 Å². The third kappa shape index (κ3) is 2.75. The number of carbonyl (C=O) groups is 2. The number of aliphatic hydroxyl groups is 1. The number of ether oxygens (including phenoxy) is 1. The Bertz CT molecular complexity index is 723. The van der Waals surface area contributed by atoms with Gasteiger partial charge in [-0.2, -0.15) is 0 Å². The standard InChI is InChI=1S/C14H18N4O5.Na/c1-14(2,3)10-8(13(21)22)18-11(20)7(12(18)23-10)9(19)6-5-17(4)16-15-6;/h5,7,9,12,19H,1-4H3,(H,21,22);/q;+1/p-1/t7-,9-,12-;/m0./s1. The summed E-state index contributed by atoms with van der Waals surface area (Å²) in [6.07, 6.45) is -0.603. The predicted octanol–water partition coefficient (Wildman–Crippen LogP) is -4.33. The molecule has 0 aliphatic carbocycles. The first kappa shape index (κ1) is 18.9. The molecule has 2 aliphatic rings. The van der Waals surface area contributed by atoms with Crippen LogP contribution >= 0.6 is 0 Å². The van der Waals surface area contributed by atoms with E-state index in [1.807, 2.05) is 0 Å². The quantitative estimate of drug-likeness (QED) is 0.435. The molecule has 24 heavy (non-hydrogen) atoms. The number of amides is 1. The third-order valence-corrected chi connectivity index (χ3v) is 3.92. The smallest absolute Gasteiger partial charge is 0.543 e. The molecule has 1 amide bonds. The maximum atomic E-state index is 12.4. The van der Waals surface area contributed by atoms with E-state index in [1.165, 1.54) is 10.9 Å². The molecular formula is C14H17N4NaO5. The molecule has 0 bridgehead atoms. The molecule has 0 saturated carbocycles. The Morgan fingerprint density at radius 2 is 2.08 bits per heavy atom. The number of β-lactam (4-membered cyclic amide) rings is 1. The summed E-state index contributed by atoms with van der Waals surface area (Å²) in [4.78, 5) is 24.8. The maximum absolute atomic E-state index is 12.4. The fourth-order valence-corrected chi connectivity index (χ4v) is 2.83. The number of carboxylic acid groups (broad SMARTS) is 1. The Morgan fingerprint density at radius 3 is 2.54 bits per heavy atom. The largest absolute Gasteiger partial charge is 1.00 e. The van der Waals surface area contributed by atoms with Crippen molar-refractivity contribution in [2.45, 2.75) is 33.1 Å². The zero-order chi connectivity index (χ0) is 17.1. The maximum Gasteiger partial charge on any atom is 1.00 e. The van der Waals surface area contributed by atoms with E-state index in [0.29, 0.717) is 0 Å². The van der Waals surface area contributed by atoms with Crippen LogP contribution in [0, 0.1) is 11.3 Å². The van der Waals surface area contributed by atoms with Crippen LogP contribution in [0.5, 0.6) is 0 Å². The second kappa shape index (κ2) is 6.14. The molecule has 1 N–H and O–H groups in total. The molecule has 1 aromatic heterocycles. The van der Waals surface area contributed by atoms with Gasteiger partial charge in [0.15, 0.2) is 6.23 Å². The van der Waals surface area contributed by atoms with Crippen molar-refractivity contribution in [3.63, 3.8) is 0 Å². The van der Waals surface area contributed by atoms with E-state index in [9.17, 15) is 19.8 Å². The monoisotopic (exact) mass is 344 g/mol. The number of aliphatic carboxylic acids is 1. The van der Waals surface area contributed by atoms with Crippen molar-refractivity contribution >= 4 is 11.9 Å². The molecule has 1 fully saturated rings. The molecule has 3 heterocycles. The number of rotatable bonds is 3. The zero-order valence-electron chi connectivity index (χ0n) is 14.2. The first-order chi connectivity index (χ1) is 10.6. The van der Waals surface area contributed by atoms with E-state index in [-0.39, 0.29) is 46.7 Å². The number of fused-ring (bicyclic) bond motifs is 1. The molecule has 0 radical (unpaired) electrons. The van der Waals surface area contributed by atoms with Crippen LogP contribution < -0.4 is 34.7 Å². The number of carbonyl (C=O) groups excluding carboxylic acids is 2. The van der Waals surface area contributed by atoms with E-state index < -0.39 is 35.5 Å². The Hall–Kier alpha value is -1.42. The molecule has 0 aromatic carbocycles. The van der Waals surface area contributed by atoms with Crippen molar-refractivity contribution in [2.24, 2.45) is 18.4 Å². The van der Waals surface area contributed by atoms with Gasteiger partial charge in [-0.3, -0.25) is 14.4 Å². The number of hydrogen-bond acceptors (Lipinski definition) is 7. The van der Waals surface area contributed by atoms with Gasteiger partial charge in [0, 0.05) is 12.5 Å². The molecule has 9 nitrogen and oxygen atoms in total. The van der Waals surface area contributed by atoms with Gasteiger partial charge in [0.1, 0.15) is 29.2 Å². The molecule has 0 unspecified atom stereocenters. The number of allylic oxidation sites excluding steroid dienone is 1. The summed E-state index contributed by atoms with van der Waals surface area (Å²) >= 11 is 0. The summed E-state index contributed by atoms with van der Waals surface area (Å²) in [5, 5.41) is 29.3. The summed E-state index contributed by atoms with van der Waals surface area (Å²) in [6.45, 7) is 5.32. The molecule has 1 aromatic rings. The number of nitrogens with zero attached hydrogens (tertiary/aromatic N) is 4. The molecule has 3 rings (SSSR count). The minimum atomic E-state index is -1.47. The fraction of sp³-hybridized carbons (Fsp3) is 0.571. The van der Waals surface area contributed by atoms with Crippen molar-refractivity contribution in [1.29, 1.82) is 0 Å². The molecule has 0 spiro atoms. The van der Waals surface area contributed by atoms with Crippen molar-refractivity contribution in [3.8, 4) is 0 Å². The van der Waals surface area contributed by atoms with E-state index in [1.54, 1.807) is 27.8 Å². The van der Waals surface area contributed by atoms with E-state index in [0.717, 1.165) is 4.90 Å². The molecular weight excluding hydrogens is 327 g/mol. The van der Waals surface area contributed by atoms with E-state index in [4.69, 9.17) is 4.74 Å². The van der Waals surface area contributed by atoms with Crippen molar-refractivity contribution in [2.75, 3.05) is 0 Å². The van der Waals surface area contributed by atoms with Gasteiger partial charge in [-0.05, 0) is 0 Å². The van der Waals surface area contributed by atoms with Crippen LogP contribution in [0.15, 0.2) is 17.7 Å².